The van der Waals surface area contributed by atoms with E-state index in [2.05, 4.69) is 25.4 Å². The summed E-state index contributed by atoms with van der Waals surface area (Å²) in [6, 6.07) is 30.4. The van der Waals surface area contributed by atoms with E-state index in [4.69, 9.17) is 0 Å². The third-order valence-electron chi connectivity index (χ3n) is 5.70. The quantitative estimate of drug-likeness (QED) is 0.309. The molecule has 1 fully saturated rings. The Morgan fingerprint density at radius 1 is 0.789 bits per heavy atom. The highest BCUT2D eigenvalue weighted by Crippen LogP contribution is 2.24. The van der Waals surface area contributed by atoms with Crippen LogP contribution in [0.4, 0.5) is 22.7 Å². The average Bonchev–Trinajstić information content (AvgIpc) is 3.24. The molecule has 38 heavy (non-hydrogen) atoms. The van der Waals surface area contributed by atoms with E-state index in [0.29, 0.717) is 28.6 Å². The van der Waals surface area contributed by atoms with E-state index in [1.165, 1.54) is 5.01 Å². The zero-order valence-corrected chi connectivity index (χ0v) is 21.2. The van der Waals surface area contributed by atoms with Crippen molar-refractivity contribution < 1.29 is 13.2 Å². The van der Waals surface area contributed by atoms with Gasteiger partial charge in [-0.1, -0.05) is 54.1 Å². The molecule has 190 valence electrons. The van der Waals surface area contributed by atoms with Gasteiger partial charge in [0, 0.05) is 5.69 Å². The number of hydrogen-bond donors (Lipinski definition) is 2. The van der Waals surface area contributed by atoms with Gasteiger partial charge in [-0.15, -0.1) is 0 Å². The third kappa shape index (κ3) is 5.60. The van der Waals surface area contributed by atoms with Crippen LogP contribution < -0.4 is 15.2 Å². The van der Waals surface area contributed by atoms with Crippen molar-refractivity contribution in [2.45, 2.75) is 17.9 Å². The van der Waals surface area contributed by atoms with Gasteiger partial charge in [0.25, 0.3) is 15.9 Å². The van der Waals surface area contributed by atoms with Crippen LogP contribution in [0.15, 0.2) is 129 Å². The van der Waals surface area contributed by atoms with Gasteiger partial charge in [-0.3, -0.25) is 14.9 Å². The molecule has 0 bridgehead atoms. The number of benzene rings is 4. The number of hydrazine groups is 1. The number of amidine groups is 1. The summed E-state index contributed by atoms with van der Waals surface area (Å²) in [5.41, 5.74) is 6.17. The second kappa shape index (κ2) is 10.7. The Bertz CT molecular complexity index is 1590. The maximum Gasteiger partial charge on any atom is 0.280 e. The number of carbonyl (C=O) groups is 1. The summed E-state index contributed by atoms with van der Waals surface area (Å²) in [7, 11) is -3.72. The van der Waals surface area contributed by atoms with Gasteiger partial charge in [0.1, 0.15) is 0 Å². The predicted molar refractivity (Wildman–Crippen MR) is 147 cm³/mol. The first-order valence-electron chi connectivity index (χ1n) is 11.8. The van der Waals surface area contributed by atoms with E-state index in [0.717, 1.165) is 5.56 Å². The molecule has 2 N–H and O–H groups in total. The molecular weight excluding hydrogens is 500 g/mol. The van der Waals surface area contributed by atoms with Crippen LogP contribution in [0.25, 0.3) is 0 Å². The summed E-state index contributed by atoms with van der Waals surface area (Å²) < 4.78 is 27.9. The summed E-state index contributed by atoms with van der Waals surface area (Å²) in [6.07, 6.45) is 0. The van der Waals surface area contributed by atoms with Crippen molar-refractivity contribution in [2.75, 3.05) is 9.73 Å². The van der Waals surface area contributed by atoms with Crippen LogP contribution in [0.2, 0.25) is 0 Å². The van der Waals surface area contributed by atoms with Crippen molar-refractivity contribution in [2.24, 2.45) is 15.2 Å². The lowest BCUT2D eigenvalue weighted by atomic mass is 10.2. The van der Waals surface area contributed by atoms with Gasteiger partial charge in [-0.05, 0) is 67.6 Å². The fourth-order valence-corrected chi connectivity index (χ4v) is 4.78. The third-order valence-corrected chi connectivity index (χ3v) is 7.10. The molecule has 0 spiro atoms. The number of hydrogen-bond acceptors (Lipinski definition) is 6. The Kier molecular flexibility index (Phi) is 6.96. The lowest BCUT2D eigenvalue weighted by Gasteiger charge is -2.15. The summed E-state index contributed by atoms with van der Waals surface area (Å²) in [4.78, 5) is 18.0. The number of aryl methyl sites for hydroxylation is 1. The van der Waals surface area contributed by atoms with Crippen molar-refractivity contribution in [3.63, 3.8) is 0 Å². The number of anilines is 2. The van der Waals surface area contributed by atoms with Crippen molar-refractivity contribution in [3.05, 3.63) is 115 Å². The van der Waals surface area contributed by atoms with Crippen molar-refractivity contribution in [1.82, 2.24) is 5.43 Å². The van der Waals surface area contributed by atoms with Crippen molar-refractivity contribution in [3.8, 4) is 0 Å². The van der Waals surface area contributed by atoms with E-state index in [1.54, 1.807) is 60.7 Å². The van der Waals surface area contributed by atoms with Crippen molar-refractivity contribution in [1.29, 1.82) is 0 Å². The van der Waals surface area contributed by atoms with Gasteiger partial charge >= 0.3 is 0 Å². The fourth-order valence-electron chi connectivity index (χ4n) is 3.72. The van der Waals surface area contributed by atoms with Crippen LogP contribution in [0.3, 0.4) is 0 Å². The first-order valence-corrected chi connectivity index (χ1v) is 13.3. The second-order valence-electron chi connectivity index (χ2n) is 8.54. The number of sulfonamides is 1. The second-order valence-corrected chi connectivity index (χ2v) is 10.2. The molecule has 1 unspecified atom stereocenters. The van der Waals surface area contributed by atoms with E-state index in [-0.39, 0.29) is 10.8 Å². The van der Waals surface area contributed by atoms with Crippen LogP contribution in [0.5, 0.6) is 0 Å². The lowest BCUT2D eigenvalue weighted by Crippen LogP contribution is -2.35. The van der Waals surface area contributed by atoms with Crippen LogP contribution in [0, 0.1) is 6.92 Å². The minimum atomic E-state index is -3.72. The molecule has 1 atom stereocenters. The van der Waals surface area contributed by atoms with E-state index >= 15 is 0 Å². The number of nitrogens with zero attached hydrogens (tertiary/aromatic N) is 4. The van der Waals surface area contributed by atoms with Crippen LogP contribution in [0.1, 0.15) is 5.56 Å². The highest BCUT2D eigenvalue weighted by atomic mass is 32.2. The van der Waals surface area contributed by atoms with Gasteiger partial charge in [-0.25, -0.2) is 18.4 Å². The molecule has 1 aliphatic rings. The van der Waals surface area contributed by atoms with Gasteiger partial charge < -0.3 is 0 Å². The van der Waals surface area contributed by atoms with Crippen LogP contribution in [-0.4, -0.2) is 26.2 Å². The first kappa shape index (κ1) is 24.8. The number of carbonyl (C=O) groups excluding carboxylic acids is 1. The minimum absolute atomic E-state index is 0.173. The normalized spacial score (nSPS) is 16.7. The number of para-hydroxylation sites is 2. The molecule has 10 heteroatoms. The lowest BCUT2D eigenvalue weighted by molar-refractivity contribution is -0.117. The fraction of sp³-hybridized carbons (Fsp3) is 0.0714. The zero-order chi connectivity index (χ0) is 26.5. The molecule has 4 aromatic carbocycles. The molecular formula is C28H24N6O3S. The number of azo groups is 1. The Morgan fingerprint density at radius 3 is 2.08 bits per heavy atom. The van der Waals surface area contributed by atoms with Crippen LogP contribution in [-0.2, 0) is 14.8 Å². The minimum Gasteiger partial charge on any atom is -0.280 e. The number of nitrogens with one attached hydrogen (secondary N) is 2. The molecule has 9 nitrogen and oxygen atoms in total. The van der Waals surface area contributed by atoms with E-state index < -0.39 is 16.1 Å². The summed E-state index contributed by atoms with van der Waals surface area (Å²) in [5.74, 6) is 0.0217. The van der Waals surface area contributed by atoms with E-state index in [1.807, 2.05) is 55.5 Å². The van der Waals surface area contributed by atoms with E-state index in [9.17, 15) is 13.2 Å². The standard InChI is InChI=1S/C28H24N6O3S/c1-20-12-18-25(19-13-20)38(36,37)33-23-16-14-22(15-17-23)30-31-26-27(29-21-8-4-2-5-9-21)32-34(28(26)35)24-10-6-3-7-11-24/h2-19,26,33H,1H3,(H,29,32). The molecule has 1 aliphatic heterocycles. The summed E-state index contributed by atoms with van der Waals surface area (Å²) in [6.45, 7) is 1.89. The number of aliphatic imine (C=N–C) groups is 1. The molecule has 4 aromatic rings. The average molecular weight is 525 g/mol. The topological polar surface area (TPSA) is 116 Å². The largest absolute Gasteiger partial charge is 0.280 e. The summed E-state index contributed by atoms with van der Waals surface area (Å²) >= 11 is 0. The molecule has 1 saturated heterocycles. The SMILES string of the molecule is Cc1ccc(S(=O)(=O)Nc2ccc(N=NC3C(=O)N(c4ccccc4)NC3=Nc3ccccc3)cc2)cc1. The smallest absolute Gasteiger partial charge is 0.280 e. The Balaban J connectivity index is 1.36. The Hall–Kier alpha value is -4.83. The zero-order valence-electron chi connectivity index (χ0n) is 20.4. The van der Waals surface area contributed by atoms with Gasteiger partial charge in [0.15, 0.2) is 5.84 Å². The Morgan fingerprint density at radius 2 is 1.42 bits per heavy atom. The number of rotatable bonds is 7. The molecule has 0 aromatic heterocycles. The maximum absolute atomic E-state index is 13.2. The molecule has 0 saturated carbocycles. The van der Waals surface area contributed by atoms with Gasteiger partial charge in [-0.2, -0.15) is 10.2 Å². The maximum atomic E-state index is 13.2. The molecule has 5 rings (SSSR count). The highest BCUT2D eigenvalue weighted by molar-refractivity contribution is 7.92. The molecule has 0 aliphatic carbocycles. The van der Waals surface area contributed by atoms with Gasteiger partial charge in [0.05, 0.1) is 22.0 Å². The van der Waals surface area contributed by atoms with Gasteiger partial charge in [0.2, 0.25) is 6.04 Å². The Labute approximate surface area is 220 Å². The highest BCUT2D eigenvalue weighted by Gasteiger charge is 2.39. The molecule has 0 radical (unpaired) electrons. The summed E-state index contributed by atoms with van der Waals surface area (Å²) in [5, 5.41) is 9.93. The number of amides is 1. The predicted octanol–water partition coefficient (Wildman–Crippen LogP) is 5.53. The first-order chi connectivity index (χ1) is 18.4. The van der Waals surface area contributed by atoms with Crippen molar-refractivity contribution >= 4 is 44.5 Å². The molecule has 1 amide bonds. The molecule has 1 heterocycles. The monoisotopic (exact) mass is 524 g/mol. The van der Waals surface area contributed by atoms with Crippen LogP contribution >= 0.6 is 0 Å².